The number of rotatable bonds is 3. The highest BCUT2D eigenvalue weighted by molar-refractivity contribution is 5.31. The number of hydrogen-bond acceptors (Lipinski definition) is 0. The Kier molecular flexibility index (Phi) is 4.60. The zero-order chi connectivity index (χ0) is 17.4. The molecule has 1 saturated carbocycles. The van der Waals surface area contributed by atoms with E-state index >= 15 is 0 Å². The largest absolute Gasteiger partial charge is 0.0590 e. The molecule has 0 amide bonds. The topological polar surface area (TPSA) is 0 Å². The lowest BCUT2D eigenvalue weighted by atomic mass is 9.60. The summed E-state index contributed by atoms with van der Waals surface area (Å²) in [5.41, 5.74) is 6.36. The van der Waals surface area contributed by atoms with Crippen LogP contribution in [0.4, 0.5) is 0 Å². The van der Waals surface area contributed by atoms with Crippen LogP contribution in [0, 0.1) is 19.8 Å². The molecule has 0 heteroatoms. The standard InChI is InChI=1S/C24H32/c1-18-6-10-20(11-7-18)23(3,4)21-14-16-24(5,17-15-21)22-12-8-19(2)9-13-22/h6-13,21H,14-17H2,1-5H3. The Labute approximate surface area is 148 Å². The minimum atomic E-state index is 0.266. The van der Waals surface area contributed by atoms with E-state index in [0.29, 0.717) is 5.41 Å². The van der Waals surface area contributed by atoms with Crippen LogP contribution in [-0.4, -0.2) is 0 Å². The van der Waals surface area contributed by atoms with Crippen molar-refractivity contribution in [1.82, 2.24) is 0 Å². The number of aryl methyl sites for hydroxylation is 2. The summed E-state index contributed by atoms with van der Waals surface area (Å²) in [6, 6.07) is 18.4. The molecular weight excluding hydrogens is 288 g/mol. The third kappa shape index (κ3) is 3.29. The van der Waals surface area contributed by atoms with Gasteiger partial charge in [-0.1, -0.05) is 80.4 Å². The molecule has 0 N–H and O–H groups in total. The molecule has 0 spiro atoms. The Morgan fingerprint density at radius 3 is 1.75 bits per heavy atom. The van der Waals surface area contributed by atoms with Gasteiger partial charge in [0, 0.05) is 0 Å². The fourth-order valence-corrected chi connectivity index (χ4v) is 4.44. The summed E-state index contributed by atoms with van der Waals surface area (Å²) in [6.07, 6.45) is 5.25. The van der Waals surface area contributed by atoms with Crippen molar-refractivity contribution < 1.29 is 0 Å². The maximum atomic E-state index is 2.47. The van der Waals surface area contributed by atoms with Gasteiger partial charge in [-0.2, -0.15) is 0 Å². The molecule has 0 nitrogen and oxygen atoms in total. The van der Waals surface area contributed by atoms with Gasteiger partial charge in [-0.15, -0.1) is 0 Å². The lowest BCUT2D eigenvalue weighted by Crippen LogP contribution is -2.36. The summed E-state index contributed by atoms with van der Waals surface area (Å²) in [5, 5.41) is 0. The normalized spacial score (nSPS) is 24.8. The number of benzene rings is 2. The zero-order valence-electron chi connectivity index (χ0n) is 16.0. The average Bonchev–Trinajstić information content (AvgIpc) is 2.56. The summed E-state index contributed by atoms with van der Waals surface area (Å²) in [4.78, 5) is 0. The van der Waals surface area contributed by atoms with Crippen LogP contribution in [0.1, 0.15) is 68.7 Å². The Bertz CT molecular complexity index is 665. The lowest BCUT2D eigenvalue weighted by Gasteiger charge is -2.44. The summed E-state index contributed by atoms with van der Waals surface area (Å²) < 4.78 is 0. The van der Waals surface area contributed by atoms with Crippen LogP contribution in [0.3, 0.4) is 0 Å². The molecule has 1 aliphatic carbocycles. The summed E-state index contributed by atoms with van der Waals surface area (Å²) in [5.74, 6) is 0.777. The molecule has 2 aromatic carbocycles. The van der Waals surface area contributed by atoms with Crippen molar-refractivity contribution in [1.29, 1.82) is 0 Å². The number of hydrogen-bond donors (Lipinski definition) is 0. The van der Waals surface area contributed by atoms with Crippen molar-refractivity contribution in [3.05, 3.63) is 70.8 Å². The van der Waals surface area contributed by atoms with Crippen LogP contribution in [0.15, 0.2) is 48.5 Å². The molecule has 2 aromatic rings. The fourth-order valence-electron chi connectivity index (χ4n) is 4.44. The highest BCUT2D eigenvalue weighted by atomic mass is 14.4. The van der Waals surface area contributed by atoms with E-state index < -0.39 is 0 Å². The van der Waals surface area contributed by atoms with E-state index in [4.69, 9.17) is 0 Å². The van der Waals surface area contributed by atoms with Crippen LogP contribution < -0.4 is 0 Å². The average molecular weight is 321 g/mol. The highest BCUT2D eigenvalue weighted by Crippen LogP contribution is 2.47. The Morgan fingerprint density at radius 1 is 0.792 bits per heavy atom. The first-order valence-electron chi connectivity index (χ1n) is 9.46. The van der Waals surface area contributed by atoms with E-state index in [1.165, 1.54) is 47.9 Å². The van der Waals surface area contributed by atoms with Crippen molar-refractivity contribution in [2.75, 3.05) is 0 Å². The minimum Gasteiger partial charge on any atom is -0.0590 e. The van der Waals surface area contributed by atoms with Gasteiger partial charge < -0.3 is 0 Å². The maximum absolute atomic E-state index is 2.47. The van der Waals surface area contributed by atoms with Crippen LogP contribution >= 0.6 is 0 Å². The smallest absolute Gasteiger partial charge is 0.00750 e. The van der Waals surface area contributed by atoms with Gasteiger partial charge in [-0.25, -0.2) is 0 Å². The molecule has 0 aliphatic heterocycles. The van der Waals surface area contributed by atoms with Crippen LogP contribution in [0.5, 0.6) is 0 Å². The SMILES string of the molecule is Cc1ccc(C2(C)CCC(C(C)(C)c3ccc(C)cc3)CC2)cc1. The van der Waals surface area contributed by atoms with Gasteiger partial charge in [0.1, 0.15) is 0 Å². The summed E-state index contributed by atoms with van der Waals surface area (Å²) in [6.45, 7) is 11.7. The van der Waals surface area contributed by atoms with E-state index in [1.54, 1.807) is 0 Å². The summed E-state index contributed by atoms with van der Waals surface area (Å²) >= 11 is 0. The molecule has 1 fully saturated rings. The molecule has 0 aromatic heterocycles. The molecular formula is C24H32. The molecule has 1 aliphatic rings. The third-order valence-electron chi connectivity index (χ3n) is 6.65. The predicted molar refractivity (Wildman–Crippen MR) is 105 cm³/mol. The molecule has 0 atom stereocenters. The van der Waals surface area contributed by atoms with Crippen molar-refractivity contribution in [2.45, 2.75) is 71.1 Å². The molecule has 0 bridgehead atoms. The highest BCUT2D eigenvalue weighted by Gasteiger charge is 2.39. The molecule has 24 heavy (non-hydrogen) atoms. The molecule has 3 rings (SSSR count). The zero-order valence-corrected chi connectivity index (χ0v) is 16.0. The van der Waals surface area contributed by atoms with Gasteiger partial charge in [0.2, 0.25) is 0 Å². The van der Waals surface area contributed by atoms with Crippen molar-refractivity contribution in [3.8, 4) is 0 Å². The van der Waals surface area contributed by atoms with E-state index in [1.807, 2.05) is 0 Å². The first-order valence-corrected chi connectivity index (χ1v) is 9.46. The Hall–Kier alpha value is -1.56. The summed E-state index contributed by atoms with van der Waals surface area (Å²) in [7, 11) is 0. The lowest BCUT2D eigenvalue weighted by molar-refractivity contribution is 0.178. The predicted octanol–water partition coefficient (Wildman–Crippen LogP) is 6.73. The molecule has 0 radical (unpaired) electrons. The van der Waals surface area contributed by atoms with E-state index in [0.717, 1.165) is 5.92 Å². The van der Waals surface area contributed by atoms with Crippen molar-refractivity contribution in [3.63, 3.8) is 0 Å². The maximum Gasteiger partial charge on any atom is -0.00750 e. The second kappa shape index (κ2) is 6.39. The van der Waals surface area contributed by atoms with Crippen molar-refractivity contribution >= 4 is 0 Å². The van der Waals surface area contributed by atoms with Gasteiger partial charge in [0.25, 0.3) is 0 Å². The first-order chi connectivity index (χ1) is 11.3. The Morgan fingerprint density at radius 2 is 1.25 bits per heavy atom. The third-order valence-corrected chi connectivity index (χ3v) is 6.65. The van der Waals surface area contributed by atoms with Gasteiger partial charge in [-0.05, 0) is 67.4 Å². The van der Waals surface area contributed by atoms with E-state index in [-0.39, 0.29) is 5.41 Å². The van der Waals surface area contributed by atoms with Gasteiger partial charge in [0.15, 0.2) is 0 Å². The van der Waals surface area contributed by atoms with Crippen LogP contribution in [-0.2, 0) is 10.8 Å². The second-order valence-corrected chi connectivity index (χ2v) is 8.79. The van der Waals surface area contributed by atoms with E-state index in [9.17, 15) is 0 Å². The first kappa shape index (κ1) is 17.3. The fraction of sp³-hybridized carbons (Fsp3) is 0.500. The van der Waals surface area contributed by atoms with Gasteiger partial charge >= 0.3 is 0 Å². The van der Waals surface area contributed by atoms with Crippen LogP contribution in [0.25, 0.3) is 0 Å². The molecule has 0 unspecified atom stereocenters. The van der Waals surface area contributed by atoms with Gasteiger partial charge in [0.05, 0.1) is 0 Å². The monoisotopic (exact) mass is 320 g/mol. The molecule has 0 saturated heterocycles. The molecule has 0 heterocycles. The second-order valence-electron chi connectivity index (χ2n) is 8.79. The van der Waals surface area contributed by atoms with Crippen molar-refractivity contribution in [2.24, 2.45) is 5.92 Å². The van der Waals surface area contributed by atoms with E-state index in [2.05, 4.69) is 83.1 Å². The van der Waals surface area contributed by atoms with Crippen LogP contribution in [0.2, 0.25) is 0 Å². The quantitative estimate of drug-likeness (QED) is 0.588. The molecule has 128 valence electrons. The Balaban J connectivity index is 1.74. The minimum absolute atomic E-state index is 0.266. The van der Waals surface area contributed by atoms with Gasteiger partial charge in [-0.3, -0.25) is 0 Å².